The van der Waals surface area contributed by atoms with Gasteiger partial charge in [0.25, 0.3) is 5.91 Å². The molecule has 0 saturated heterocycles. The Balaban J connectivity index is 1.58. The van der Waals surface area contributed by atoms with Gasteiger partial charge >= 0.3 is 0 Å². The molecule has 0 saturated carbocycles. The van der Waals surface area contributed by atoms with Crippen molar-refractivity contribution in [1.82, 2.24) is 0 Å². The van der Waals surface area contributed by atoms with Gasteiger partial charge in [-0.2, -0.15) is 0 Å². The lowest BCUT2D eigenvalue weighted by Crippen LogP contribution is -2.22. The van der Waals surface area contributed by atoms with Crippen molar-refractivity contribution in [3.8, 4) is 0 Å². The van der Waals surface area contributed by atoms with Crippen LogP contribution in [0.25, 0.3) is 0 Å². The van der Waals surface area contributed by atoms with Crippen LogP contribution in [0.4, 0.5) is 17.1 Å². The minimum Gasteiger partial charge on any atom is -0.376 e. The first-order chi connectivity index (χ1) is 14.0. The highest BCUT2D eigenvalue weighted by molar-refractivity contribution is 6.04. The van der Waals surface area contributed by atoms with Gasteiger partial charge in [0.1, 0.15) is 0 Å². The molecule has 0 heterocycles. The number of hydrogen-bond acceptors (Lipinski definition) is 3. The summed E-state index contributed by atoms with van der Waals surface area (Å²) >= 11 is 0. The second-order valence-corrected chi connectivity index (χ2v) is 7.04. The molecular formula is C24H25N3O2. The molecule has 0 aliphatic carbocycles. The van der Waals surface area contributed by atoms with Gasteiger partial charge in [0.05, 0.1) is 6.54 Å². The average molecular weight is 387 g/mol. The van der Waals surface area contributed by atoms with E-state index in [1.165, 1.54) is 0 Å². The SMILES string of the molecule is CC(C)c1ccccc1NC(=O)CNc1cccc(NC(=O)c2ccccc2)c1. The first kappa shape index (κ1) is 20.1. The molecule has 0 unspecified atom stereocenters. The normalized spacial score (nSPS) is 10.4. The second kappa shape index (κ2) is 9.55. The standard InChI is InChI=1S/C24H25N3O2/c1-17(2)21-13-6-7-14-22(21)27-23(28)16-25-19-11-8-12-20(15-19)26-24(29)18-9-4-3-5-10-18/h3-15,17,25H,16H2,1-2H3,(H,26,29)(H,27,28). The first-order valence-corrected chi connectivity index (χ1v) is 9.62. The topological polar surface area (TPSA) is 70.2 Å². The fourth-order valence-corrected chi connectivity index (χ4v) is 2.99. The lowest BCUT2D eigenvalue weighted by Gasteiger charge is -2.14. The molecule has 0 atom stereocenters. The van der Waals surface area contributed by atoms with E-state index in [0.29, 0.717) is 17.2 Å². The third-order valence-electron chi connectivity index (χ3n) is 4.47. The highest BCUT2D eigenvalue weighted by atomic mass is 16.2. The molecule has 0 radical (unpaired) electrons. The molecule has 0 fully saturated rings. The molecule has 3 aromatic rings. The molecule has 0 aromatic heterocycles. The van der Waals surface area contributed by atoms with Crippen LogP contribution in [0, 0.1) is 0 Å². The maximum absolute atomic E-state index is 12.4. The van der Waals surface area contributed by atoms with Crippen molar-refractivity contribution >= 4 is 28.9 Å². The molecule has 2 amide bonds. The molecule has 148 valence electrons. The van der Waals surface area contributed by atoms with Crippen LogP contribution in [0.1, 0.15) is 35.7 Å². The van der Waals surface area contributed by atoms with E-state index in [1.54, 1.807) is 18.2 Å². The molecule has 3 N–H and O–H groups in total. The Morgan fingerprint density at radius 1 is 0.793 bits per heavy atom. The van der Waals surface area contributed by atoms with E-state index >= 15 is 0 Å². The summed E-state index contributed by atoms with van der Waals surface area (Å²) in [5.41, 5.74) is 3.94. The fraction of sp³-hybridized carbons (Fsp3) is 0.167. The highest BCUT2D eigenvalue weighted by Gasteiger charge is 2.10. The monoisotopic (exact) mass is 387 g/mol. The molecule has 3 rings (SSSR count). The highest BCUT2D eigenvalue weighted by Crippen LogP contribution is 2.23. The van der Waals surface area contributed by atoms with Gasteiger partial charge in [0, 0.05) is 22.6 Å². The van der Waals surface area contributed by atoms with Gasteiger partial charge in [-0.3, -0.25) is 9.59 Å². The van der Waals surface area contributed by atoms with E-state index in [-0.39, 0.29) is 18.4 Å². The van der Waals surface area contributed by atoms with Gasteiger partial charge in [-0.15, -0.1) is 0 Å². The number of amides is 2. The smallest absolute Gasteiger partial charge is 0.255 e. The number of hydrogen-bond donors (Lipinski definition) is 3. The maximum atomic E-state index is 12.4. The van der Waals surface area contributed by atoms with Crippen LogP contribution < -0.4 is 16.0 Å². The number of carbonyl (C=O) groups is 2. The summed E-state index contributed by atoms with van der Waals surface area (Å²) in [6, 6.07) is 24.1. The van der Waals surface area contributed by atoms with Gasteiger partial charge in [-0.1, -0.05) is 56.3 Å². The molecule has 0 bridgehead atoms. The zero-order valence-electron chi connectivity index (χ0n) is 16.6. The molecule has 5 nitrogen and oxygen atoms in total. The van der Waals surface area contributed by atoms with Crippen LogP contribution in [0.3, 0.4) is 0 Å². The second-order valence-electron chi connectivity index (χ2n) is 7.04. The van der Waals surface area contributed by atoms with Gasteiger partial charge in [-0.05, 0) is 47.9 Å². The molecule has 0 aliphatic heterocycles. The van der Waals surface area contributed by atoms with Crippen molar-refractivity contribution < 1.29 is 9.59 Å². The van der Waals surface area contributed by atoms with E-state index in [4.69, 9.17) is 0 Å². The quantitative estimate of drug-likeness (QED) is 0.527. The van der Waals surface area contributed by atoms with Crippen molar-refractivity contribution in [2.24, 2.45) is 0 Å². The summed E-state index contributed by atoms with van der Waals surface area (Å²) in [5, 5.41) is 8.93. The van der Waals surface area contributed by atoms with Crippen LogP contribution >= 0.6 is 0 Å². The van der Waals surface area contributed by atoms with Crippen molar-refractivity contribution in [3.63, 3.8) is 0 Å². The zero-order chi connectivity index (χ0) is 20.6. The van der Waals surface area contributed by atoms with Crippen LogP contribution in [0.2, 0.25) is 0 Å². The minimum atomic E-state index is -0.175. The van der Waals surface area contributed by atoms with Gasteiger partial charge in [-0.25, -0.2) is 0 Å². The van der Waals surface area contributed by atoms with Crippen LogP contribution in [-0.2, 0) is 4.79 Å². The maximum Gasteiger partial charge on any atom is 0.255 e. The summed E-state index contributed by atoms with van der Waals surface area (Å²) in [5.74, 6) is 0.0203. The largest absolute Gasteiger partial charge is 0.376 e. The van der Waals surface area contributed by atoms with Crippen molar-refractivity contribution in [1.29, 1.82) is 0 Å². The summed E-state index contributed by atoms with van der Waals surface area (Å²) in [7, 11) is 0. The number of para-hydroxylation sites is 1. The van der Waals surface area contributed by atoms with E-state index in [1.807, 2.05) is 60.7 Å². The number of rotatable bonds is 7. The first-order valence-electron chi connectivity index (χ1n) is 9.62. The summed E-state index contributed by atoms with van der Waals surface area (Å²) < 4.78 is 0. The molecule has 29 heavy (non-hydrogen) atoms. The molecular weight excluding hydrogens is 362 g/mol. The molecule has 3 aromatic carbocycles. The molecule has 5 heteroatoms. The third kappa shape index (κ3) is 5.69. The van der Waals surface area contributed by atoms with Crippen LogP contribution in [-0.4, -0.2) is 18.4 Å². The Morgan fingerprint density at radius 3 is 2.24 bits per heavy atom. The summed E-state index contributed by atoms with van der Waals surface area (Å²) in [6.07, 6.45) is 0. The summed E-state index contributed by atoms with van der Waals surface area (Å²) in [6.45, 7) is 4.32. The predicted molar refractivity (Wildman–Crippen MR) is 118 cm³/mol. The van der Waals surface area contributed by atoms with Crippen LogP contribution in [0.5, 0.6) is 0 Å². The number of nitrogens with one attached hydrogen (secondary N) is 3. The van der Waals surface area contributed by atoms with E-state index in [9.17, 15) is 9.59 Å². The Labute approximate surface area is 171 Å². The molecule has 0 aliphatic rings. The van der Waals surface area contributed by atoms with Gasteiger partial charge < -0.3 is 16.0 Å². The Morgan fingerprint density at radius 2 is 1.48 bits per heavy atom. The van der Waals surface area contributed by atoms with E-state index in [2.05, 4.69) is 29.8 Å². The van der Waals surface area contributed by atoms with Crippen molar-refractivity contribution in [3.05, 3.63) is 90.0 Å². The third-order valence-corrected chi connectivity index (χ3v) is 4.47. The van der Waals surface area contributed by atoms with Crippen molar-refractivity contribution in [2.75, 3.05) is 22.5 Å². The van der Waals surface area contributed by atoms with E-state index in [0.717, 1.165) is 16.9 Å². The minimum absolute atomic E-state index is 0.127. The fourth-order valence-electron chi connectivity index (χ4n) is 2.99. The Kier molecular flexibility index (Phi) is 6.63. The predicted octanol–water partition coefficient (Wildman–Crippen LogP) is 5.11. The van der Waals surface area contributed by atoms with Gasteiger partial charge in [0.15, 0.2) is 0 Å². The Hall–Kier alpha value is -3.60. The van der Waals surface area contributed by atoms with Crippen molar-refractivity contribution in [2.45, 2.75) is 19.8 Å². The summed E-state index contributed by atoms with van der Waals surface area (Å²) in [4.78, 5) is 24.7. The zero-order valence-corrected chi connectivity index (χ0v) is 16.6. The lowest BCUT2D eigenvalue weighted by molar-refractivity contribution is -0.114. The van der Waals surface area contributed by atoms with Gasteiger partial charge in [0.2, 0.25) is 5.91 Å². The Bertz CT molecular complexity index is 984. The lowest BCUT2D eigenvalue weighted by atomic mass is 10.0. The average Bonchev–Trinajstić information content (AvgIpc) is 2.73. The number of carbonyl (C=O) groups excluding carboxylic acids is 2. The van der Waals surface area contributed by atoms with Crippen LogP contribution in [0.15, 0.2) is 78.9 Å². The number of benzene rings is 3. The number of anilines is 3. The molecule has 0 spiro atoms. The van der Waals surface area contributed by atoms with E-state index < -0.39 is 0 Å².